The largest absolute Gasteiger partial charge is 0.403 e. The van der Waals surface area contributed by atoms with Crippen molar-refractivity contribution in [1.82, 2.24) is 15.3 Å². The van der Waals surface area contributed by atoms with Crippen LogP contribution in [0.15, 0.2) is 57.3 Å². The monoisotopic (exact) mass is 475 g/mol. The topological polar surface area (TPSA) is 108 Å². The van der Waals surface area contributed by atoms with Crippen LogP contribution in [0.2, 0.25) is 0 Å². The smallest absolute Gasteiger partial charge is 0.109 e. The van der Waals surface area contributed by atoms with E-state index in [-0.39, 0.29) is 0 Å². The number of H-pyrrole nitrogens is 1. The Morgan fingerprint density at radius 2 is 1.91 bits per heavy atom. The summed E-state index contributed by atoms with van der Waals surface area (Å²) in [5, 5.41) is 1.30. The Morgan fingerprint density at radius 1 is 1.20 bits per heavy atom. The summed E-state index contributed by atoms with van der Waals surface area (Å²) in [6.07, 6.45) is 7.60. The Kier molecular flexibility index (Phi) is 9.07. The van der Waals surface area contributed by atoms with Crippen molar-refractivity contribution < 1.29 is 0 Å². The summed E-state index contributed by atoms with van der Waals surface area (Å²) >= 11 is 0. The van der Waals surface area contributed by atoms with Crippen molar-refractivity contribution >= 4 is 28.5 Å². The van der Waals surface area contributed by atoms with Gasteiger partial charge in [-0.2, -0.15) is 0 Å². The predicted molar refractivity (Wildman–Crippen MR) is 151 cm³/mol. The molecule has 1 aromatic heterocycles. The standard InChI is InChI=1S/C28H41N7/c1-7-25(19(3)18(2)21(5)32-17-31-6)28-20(4)26-14-23(8-9-27(26)33-28)22-10-12-35(13-11-22)16-24(15-29)34-30/h7-9,14-15,17,22,33-34H,10-13,16,29-30H2,1-6H3/b19-18-,24-15-,25-7+,31-17?,32-21?. The highest BCUT2D eigenvalue weighted by molar-refractivity contribution is 6.05. The number of aliphatic imine (C=N–C) groups is 2. The number of benzene rings is 1. The first-order chi connectivity index (χ1) is 16.8. The van der Waals surface area contributed by atoms with Crippen molar-refractivity contribution in [3.8, 4) is 0 Å². The second kappa shape index (κ2) is 12.0. The van der Waals surface area contributed by atoms with Crippen molar-refractivity contribution in [2.45, 2.75) is 53.4 Å². The van der Waals surface area contributed by atoms with Crippen LogP contribution in [-0.2, 0) is 0 Å². The van der Waals surface area contributed by atoms with E-state index in [0.29, 0.717) is 5.92 Å². The van der Waals surface area contributed by atoms with E-state index in [0.717, 1.165) is 43.9 Å². The number of hydrazine groups is 1. The molecule has 3 rings (SSSR count). The molecule has 0 aliphatic carbocycles. The Labute approximate surface area is 209 Å². The molecule has 7 heteroatoms. The van der Waals surface area contributed by atoms with Crippen molar-refractivity contribution in [3.63, 3.8) is 0 Å². The van der Waals surface area contributed by atoms with E-state index in [9.17, 15) is 0 Å². The van der Waals surface area contributed by atoms with Gasteiger partial charge in [0.2, 0.25) is 0 Å². The lowest BCUT2D eigenvalue weighted by atomic mass is 9.88. The van der Waals surface area contributed by atoms with Crippen molar-refractivity contribution in [1.29, 1.82) is 0 Å². The summed E-state index contributed by atoms with van der Waals surface area (Å²) in [4.78, 5) is 14.5. The van der Waals surface area contributed by atoms with Crippen molar-refractivity contribution in [2.75, 3.05) is 26.7 Å². The summed E-state index contributed by atoms with van der Waals surface area (Å²) in [5.41, 5.74) is 18.8. The summed E-state index contributed by atoms with van der Waals surface area (Å²) in [5.74, 6) is 6.11. The molecule has 0 amide bonds. The summed E-state index contributed by atoms with van der Waals surface area (Å²) in [7, 11) is 1.74. The number of fused-ring (bicyclic) bond motifs is 1. The molecule has 1 aliphatic rings. The van der Waals surface area contributed by atoms with Crippen LogP contribution < -0.4 is 17.0 Å². The van der Waals surface area contributed by atoms with Gasteiger partial charge in [0.05, 0.1) is 5.70 Å². The van der Waals surface area contributed by atoms with Gasteiger partial charge in [0, 0.05) is 42.1 Å². The molecule has 1 fully saturated rings. The van der Waals surface area contributed by atoms with Gasteiger partial charge in [0.1, 0.15) is 6.34 Å². The molecule has 1 aromatic carbocycles. The van der Waals surface area contributed by atoms with E-state index in [1.54, 1.807) is 19.6 Å². The molecule has 0 bridgehead atoms. The quantitative estimate of drug-likeness (QED) is 0.145. The Hall–Kier alpha value is -3.16. The molecule has 1 aliphatic heterocycles. The molecule has 7 nitrogen and oxygen atoms in total. The molecule has 6 N–H and O–H groups in total. The number of rotatable bonds is 8. The van der Waals surface area contributed by atoms with E-state index in [1.807, 2.05) is 6.92 Å². The van der Waals surface area contributed by atoms with Crippen LogP contribution in [0.3, 0.4) is 0 Å². The van der Waals surface area contributed by atoms with Gasteiger partial charge in [-0.25, -0.2) is 4.99 Å². The average molecular weight is 476 g/mol. The number of nitrogens with one attached hydrogen (secondary N) is 2. The maximum atomic E-state index is 5.64. The third kappa shape index (κ3) is 5.92. The highest BCUT2D eigenvalue weighted by atomic mass is 15.3. The fourth-order valence-electron chi connectivity index (χ4n) is 4.94. The number of piperidine rings is 1. The second-order valence-corrected chi connectivity index (χ2v) is 9.36. The Morgan fingerprint density at radius 3 is 2.51 bits per heavy atom. The minimum absolute atomic E-state index is 0.564. The van der Waals surface area contributed by atoms with E-state index >= 15 is 0 Å². The molecule has 0 atom stereocenters. The second-order valence-electron chi connectivity index (χ2n) is 9.36. The van der Waals surface area contributed by atoms with Gasteiger partial charge in [-0.1, -0.05) is 12.1 Å². The number of nitrogens with two attached hydrogens (primary N) is 2. The number of hydrogen-bond donors (Lipinski definition) is 4. The van der Waals surface area contributed by atoms with Crippen LogP contribution in [0.5, 0.6) is 0 Å². The zero-order valence-electron chi connectivity index (χ0n) is 22.1. The number of aromatic nitrogens is 1. The molecule has 0 saturated carbocycles. The predicted octanol–water partition coefficient (Wildman–Crippen LogP) is 4.78. The third-order valence-electron chi connectivity index (χ3n) is 7.36. The van der Waals surface area contributed by atoms with Gasteiger partial charge in [-0.3, -0.25) is 15.7 Å². The van der Waals surface area contributed by atoms with Crippen molar-refractivity contribution in [3.05, 3.63) is 64.1 Å². The lowest BCUT2D eigenvalue weighted by Crippen LogP contribution is -2.38. The van der Waals surface area contributed by atoms with Gasteiger partial charge >= 0.3 is 0 Å². The van der Waals surface area contributed by atoms with Gasteiger partial charge < -0.3 is 16.1 Å². The molecule has 0 unspecified atom stereocenters. The fraction of sp³-hybridized carbons (Fsp3) is 0.429. The molecule has 0 spiro atoms. The van der Waals surface area contributed by atoms with Crippen LogP contribution >= 0.6 is 0 Å². The third-order valence-corrected chi connectivity index (χ3v) is 7.36. The molecule has 1 saturated heterocycles. The first kappa shape index (κ1) is 26.4. The Balaban J connectivity index is 1.85. The van der Waals surface area contributed by atoms with Gasteiger partial charge in [-0.15, -0.1) is 0 Å². The maximum Gasteiger partial charge on any atom is 0.109 e. The fourth-order valence-corrected chi connectivity index (χ4v) is 4.94. The minimum Gasteiger partial charge on any atom is -0.403 e. The highest BCUT2D eigenvalue weighted by Gasteiger charge is 2.22. The molecule has 2 aromatic rings. The number of aromatic amines is 1. The number of allylic oxidation sites excluding steroid dienone is 4. The van der Waals surface area contributed by atoms with Gasteiger partial charge in [0.15, 0.2) is 0 Å². The first-order valence-electron chi connectivity index (χ1n) is 12.4. The van der Waals surface area contributed by atoms with E-state index in [1.165, 1.54) is 44.4 Å². The molecule has 188 valence electrons. The Bertz CT molecular complexity index is 1190. The zero-order valence-corrected chi connectivity index (χ0v) is 22.1. The summed E-state index contributed by atoms with van der Waals surface area (Å²) in [6, 6.07) is 6.92. The van der Waals surface area contributed by atoms with E-state index < -0.39 is 0 Å². The summed E-state index contributed by atoms with van der Waals surface area (Å²) in [6.45, 7) is 13.5. The molecular weight excluding hydrogens is 434 g/mol. The SMILES string of the molecule is C/C=C(\C(C)=C(\C)C(C)=NC=NC)c1[nH]c2ccc(C3CCN(C/C(=C/N)NN)CC3)cc2c1C. The summed E-state index contributed by atoms with van der Waals surface area (Å²) < 4.78 is 0. The van der Waals surface area contributed by atoms with Crippen LogP contribution in [-0.4, -0.2) is 48.6 Å². The van der Waals surface area contributed by atoms with Gasteiger partial charge in [0.25, 0.3) is 0 Å². The van der Waals surface area contributed by atoms with Crippen molar-refractivity contribution in [2.24, 2.45) is 21.6 Å². The minimum atomic E-state index is 0.564. The lowest BCUT2D eigenvalue weighted by molar-refractivity contribution is 0.225. The van der Waals surface area contributed by atoms with Crippen LogP contribution in [0, 0.1) is 6.92 Å². The zero-order chi connectivity index (χ0) is 25.5. The average Bonchev–Trinajstić information content (AvgIpc) is 3.21. The van der Waals surface area contributed by atoms with E-state index in [2.05, 4.69) is 77.3 Å². The number of aryl methyl sites for hydroxylation is 1. The normalized spacial score (nSPS) is 18.0. The molecule has 2 heterocycles. The first-order valence-corrected chi connectivity index (χ1v) is 12.4. The maximum absolute atomic E-state index is 5.64. The molecule has 0 radical (unpaired) electrons. The number of likely N-dealkylation sites (tertiary alicyclic amines) is 1. The van der Waals surface area contributed by atoms with Crippen LogP contribution in [0.25, 0.3) is 16.5 Å². The molecular formula is C28H41N7. The molecule has 35 heavy (non-hydrogen) atoms. The van der Waals surface area contributed by atoms with Gasteiger partial charge in [-0.05, 0) is 106 Å². The van der Waals surface area contributed by atoms with Crippen LogP contribution in [0.4, 0.5) is 0 Å². The van der Waals surface area contributed by atoms with Crippen LogP contribution in [0.1, 0.15) is 63.3 Å². The van der Waals surface area contributed by atoms with E-state index in [4.69, 9.17) is 11.6 Å². The lowest BCUT2D eigenvalue weighted by Gasteiger charge is -2.32. The number of nitrogens with zero attached hydrogens (tertiary/aromatic N) is 3. The number of hydrogen-bond acceptors (Lipinski definition) is 5. The highest BCUT2D eigenvalue weighted by Crippen LogP contribution is 2.35.